The second-order valence-corrected chi connectivity index (χ2v) is 5.70. The molecule has 0 amide bonds. The van der Waals surface area contributed by atoms with Crippen molar-refractivity contribution in [1.82, 2.24) is 4.72 Å². The second-order valence-electron chi connectivity index (χ2n) is 3.18. The average molecular weight is 312 g/mol. The van der Waals surface area contributed by atoms with Crippen LogP contribution in [0.4, 0.5) is 0 Å². The summed E-state index contributed by atoms with van der Waals surface area (Å²) in [6.45, 7) is 1.34. The Kier molecular flexibility index (Phi) is 5.40. The lowest BCUT2D eigenvalue weighted by Gasteiger charge is -2.08. The van der Waals surface area contributed by atoms with Crippen molar-refractivity contribution in [3.05, 3.63) is 28.2 Å². The fourth-order valence-electron chi connectivity index (χ4n) is 1.14. The monoisotopic (exact) mass is 311 g/mol. The maximum Gasteiger partial charge on any atom is 0.321 e. The summed E-state index contributed by atoms with van der Waals surface area (Å²) in [5.74, 6) is -0.667. The third kappa shape index (κ3) is 3.84. The van der Waals surface area contributed by atoms with Crippen LogP contribution in [0.15, 0.2) is 23.1 Å². The molecule has 0 unspecified atom stereocenters. The normalized spacial score (nSPS) is 11.3. The number of esters is 1. The molecule has 8 heteroatoms. The van der Waals surface area contributed by atoms with Crippen molar-refractivity contribution in [2.45, 2.75) is 11.8 Å². The van der Waals surface area contributed by atoms with Crippen LogP contribution < -0.4 is 4.72 Å². The molecular formula is C10H11Cl2NO4S. The Balaban J connectivity index is 2.87. The first kappa shape index (κ1) is 15.2. The number of ether oxygens (including phenoxy) is 1. The molecule has 1 rings (SSSR count). The zero-order chi connectivity index (χ0) is 13.8. The molecule has 0 saturated heterocycles. The molecule has 0 atom stereocenters. The van der Waals surface area contributed by atoms with Crippen LogP contribution in [0.5, 0.6) is 0 Å². The van der Waals surface area contributed by atoms with E-state index in [0.717, 1.165) is 0 Å². The lowest BCUT2D eigenvalue weighted by molar-refractivity contribution is -0.141. The van der Waals surface area contributed by atoms with E-state index < -0.39 is 22.5 Å². The predicted molar refractivity (Wildman–Crippen MR) is 68.3 cm³/mol. The van der Waals surface area contributed by atoms with E-state index in [0.29, 0.717) is 0 Å². The van der Waals surface area contributed by atoms with Gasteiger partial charge in [-0.3, -0.25) is 4.79 Å². The van der Waals surface area contributed by atoms with Crippen molar-refractivity contribution in [1.29, 1.82) is 0 Å². The van der Waals surface area contributed by atoms with E-state index in [9.17, 15) is 13.2 Å². The Morgan fingerprint density at radius 1 is 1.39 bits per heavy atom. The van der Waals surface area contributed by atoms with Gasteiger partial charge in [-0.1, -0.05) is 29.3 Å². The molecule has 0 radical (unpaired) electrons. The van der Waals surface area contributed by atoms with E-state index in [4.69, 9.17) is 23.2 Å². The Morgan fingerprint density at radius 3 is 2.67 bits per heavy atom. The Labute approximate surface area is 115 Å². The number of benzene rings is 1. The summed E-state index contributed by atoms with van der Waals surface area (Å²) in [5.41, 5.74) is 0. The van der Waals surface area contributed by atoms with Gasteiger partial charge in [-0.25, -0.2) is 8.42 Å². The molecule has 100 valence electrons. The van der Waals surface area contributed by atoms with Crippen LogP contribution in [0.1, 0.15) is 6.92 Å². The number of sulfonamides is 1. The van der Waals surface area contributed by atoms with Gasteiger partial charge in [-0.2, -0.15) is 4.72 Å². The minimum atomic E-state index is -3.89. The molecule has 0 aliphatic heterocycles. The van der Waals surface area contributed by atoms with Gasteiger partial charge in [0.25, 0.3) is 0 Å². The highest BCUT2D eigenvalue weighted by molar-refractivity contribution is 7.89. The minimum Gasteiger partial charge on any atom is -0.465 e. The topological polar surface area (TPSA) is 72.5 Å². The van der Waals surface area contributed by atoms with Gasteiger partial charge in [0.05, 0.1) is 16.7 Å². The molecule has 0 saturated carbocycles. The number of rotatable bonds is 5. The van der Waals surface area contributed by atoms with Crippen molar-refractivity contribution in [3.8, 4) is 0 Å². The summed E-state index contributed by atoms with van der Waals surface area (Å²) in [5, 5.41) is 0.0335. The van der Waals surface area contributed by atoms with Gasteiger partial charge in [0.2, 0.25) is 10.0 Å². The maximum atomic E-state index is 11.9. The molecule has 5 nitrogen and oxygen atoms in total. The lowest BCUT2D eigenvalue weighted by atomic mass is 10.4. The van der Waals surface area contributed by atoms with E-state index in [1.165, 1.54) is 18.2 Å². The van der Waals surface area contributed by atoms with Gasteiger partial charge in [-0.15, -0.1) is 0 Å². The fourth-order valence-corrected chi connectivity index (χ4v) is 2.86. The highest BCUT2D eigenvalue weighted by Gasteiger charge is 2.20. The van der Waals surface area contributed by atoms with Crippen molar-refractivity contribution < 1.29 is 17.9 Å². The summed E-state index contributed by atoms with van der Waals surface area (Å²) in [6, 6.07) is 4.21. The van der Waals surface area contributed by atoms with E-state index >= 15 is 0 Å². The van der Waals surface area contributed by atoms with E-state index in [1.807, 2.05) is 0 Å². The first-order valence-electron chi connectivity index (χ1n) is 4.97. The highest BCUT2D eigenvalue weighted by atomic mass is 35.5. The van der Waals surface area contributed by atoms with Gasteiger partial charge in [-0.05, 0) is 19.1 Å². The zero-order valence-electron chi connectivity index (χ0n) is 9.44. The van der Waals surface area contributed by atoms with Gasteiger partial charge in [0.1, 0.15) is 11.4 Å². The van der Waals surface area contributed by atoms with Crippen LogP contribution in [-0.2, 0) is 19.6 Å². The van der Waals surface area contributed by atoms with Crippen molar-refractivity contribution in [2.75, 3.05) is 13.2 Å². The van der Waals surface area contributed by atoms with Crippen LogP contribution >= 0.6 is 23.2 Å². The lowest BCUT2D eigenvalue weighted by Crippen LogP contribution is -2.30. The average Bonchev–Trinajstić information content (AvgIpc) is 2.30. The summed E-state index contributed by atoms with van der Waals surface area (Å²) in [7, 11) is -3.89. The van der Waals surface area contributed by atoms with Gasteiger partial charge >= 0.3 is 5.97 Å². The molecule has 0 spiro atoms. The standard InChI is InChI=1S/C10H11Cl2NO4S/c1-2-17-9(14)6-13-18(15,16)8-5-3-4-7(11)10(8)12/h3-5,13H,2,6H2,1H3. The fraction of sp³-hybridized carbons (Fsp3) is 0.300. The number of carbonyl (C=O) groups is 1. The van der Waals surface area contributed by atoms with Crippen LogP contribution in [0.3, 0.4) is 0 Å². The van der Waals surface area contributed by atoms with Crippen LogP contribution in [0.2, 0.25) is 10.0 Å². The smallest absolute Gasteiger partial charge is 0.321 e. The summed E-state index contributed by atoms with van der Waals surface area (Å²) in [6.07, 6.45) is 0. The number of hydrogen-bond donors (Lipinski definition) is 1. The largest absolute Gasteiger partial charge is 0.465 e. The van der Waals surface area contributed by atoms with Gasteiger partial charge < -0.3 is 4.74 Å². The highest BCUT2D eigenvalue weighted by Crippen LogP contribution is 2.28. The number of halogens is 2. The van der Waals surface area contributed by atoms with E-state index in [1.54, 1.807) is 6.92 Å². The van der Waals surface area contributed by atoms with Crippen molar-refractivity contribution >= 4 is 39.2 Å². The number of carbonyl (C=O) groups excluding carboxylic acids is 1. The third-order valence-electron chi connectivity index (χ3n) is 1.92. The molecule has 0 aromatic heterocycles. The minimum absolute atomic E-state index is 0.0875. The van der Waals surface area contributed by atoms with Crippen LogP contribution in [0.25, 0.3) is 0 Å². The molecule has 0 fully saturated rings. The van der Waals surface area contributed by atoms with E-state index in [-0.39, 0.29) is 21.5 Å². The van der Waals surface area contributed by atoms with E-state index in [2.05, 4.69) is 9.46 Å². The second kappa shape index (κ2) is 6.38. The molecular weight excluding hydrogens is 301 g/mol. The summed E-state index contributed by atoms with van der Waals surface area (Å²) < 4.78 is 30.4. The van der Waals surface area contributed by atoms with Crippen LogP contribution in [-0.4, -0.2) is 27.5 Å². The Morgan fingerprint density at radius 2 is 2.06 bits per heavy atom. The van der Waals surface area contributed by atoms with Crippen molar-refractivity contribution in [3.63, 3.8) is 0 Å². The third-order valence-corrected chi connectivity index (χ3v) is 4.29. The Bertz CT molecular complexity index is 545. The SMILES string of the molecule is CCOC(=O)CNS(=O)(=O)c1cccc(Cl)c1Cl. The number of nitrogens with one attached hydrogen (secondary N) is 1. The molecule has 0 aliphatic rings. The van der Waals surface area contributed by atoms with Gasteiger partial charge in [0, 0.05) is 0 Å². The number of hydrogen-bond acceptors (Lipinski definition) is 4. The van der Waals surface area contributed by atoms with Gasteiger partial charge in [0.15, 0.2) is 0 Å². The summed E-state index contributed by atoms with van der Waals surface area (Å²) in [4.78, 5) is 10.9. The molecule has 1 N–H and O–H groups in total. The molecule has 0 bridgehead atoms. The quantitative estimate of drug-likeness (QED) is 0.842. The molecule has 1 aromatic carbocycles. The molecule has 18 heavy (non-hydrogen) atoms. The zero-order valence-corrected chi connectivity index (χ0v) is 11.8. The first-order valence-corrected chi connectivity index (χ1v) is 7.21. The Hall–Kier alpha value is -0.820. The van der Waals surface area contributed by atoms with Crippen LogP contribution in [0, 0.1) is 0 Å². The molecule has 0 aliphatic carbocycles. The maximum absolute atomic E-state index is 11.9. The summed E-state index contributed by atoms with van der Waals surface area (Å²) >= 11 is 11.5. The molecule has 1 aromatic rings. The van der Waals surface area contributed by atoms with Crippen molar-refractivity contribution in [2.24, 2.45) is 0 Å². The predicted octanol–water partition coefficient (Wildman–Crippen LogP) is 1.83. The molecule has 0 heterocycles. The first-order chi connectivity index (χ1) is 8.38.